The summed E-state index contributed by atoms with van der Waals surface area (Å²) < 4.78 is 5.64. The lowest BCUT2D eigenvalue weighted by atomic mass is 9.86. The number of ether oxygens (including phenoxy) is 1. The smallest absolute Gasteiger partial charge is 0.254 e. The van der Waals surface area contributed by atoms with Gasteiger partial charge in [-0.05, 0) is 18.9 Å². The number of nitrogens with zero attached hydrogens (tertiary/aromatic N) is 3. The lowest BCUT2D eigenvalue weighted by Gasteiger charge is -2.45. The zero-order chi connectivity index (χ0) is 20.0. The third-order valence-electron chi connectivity index (χ3n) is 6.60. The van der Waals surface area contributed by atoms with Crippen LogP contribution in [0.25, 0.3) is 0 Å². The van der Waals surface area contributed by atoms with E-state index in [0.717, 1.165) is 42.5 Å². The largest absolute Gasteiger partial charge is 0.496 e. The van der Waals surface area contributed by atoms with Crippen molar-refractivity contribution in [3.05, 3.63) is 41.1 Å². The van der Waals surface area contributed by atoms with Gasteiger partial charge < -0.3 is 19.4 Å². The summed E-state index contributed by atoms with van der Waals surface area (Å²) in [5, 5.41) is 0. The summed E-state index contributed by atoms with van der Waals surface area (Å²) in [4.78, 5) is 32.3. The first-order chi connectivity index (χ1) is 13.5. The minimum absolute atomic E-state index is 0.00246. The number of fused-ring (bicyclic) bond motifs is 1. The zero-order valence-corrected chi connectivity index (χ0v) is 17.1. The number of carbonyl (C=O) groups excluding carboxylic acids is 2. The van der Waals surface area contributed by atoms with Crippen molar-refractivity contribution in [2.45, 2.75) is 50.7 Å². The van der Waals surface area contributed by atoms with Gasteiger partial charge in [0.15, 0.2) is 0 Å². The number of amides is 2. The maximum atomic E-state index is 13.3. The van der Waals surface area contributed by atoms with Crippen LogP contribution < -0.4 is 4.74 Å². The van der Waals surface area contributed by atoms with E-state index in [1.807, 2.05) is 36.2 Å². The molecule has 150 valence electrons. The van der Waals surface area contributed by atoms with Crippen LogP contribution in [0.1, 0.15) is 44.2 Å². The molecule has 0 aromatic heterocycles. The van der Waals surface area contributed by atoms with E-state index in [0.29, 0.717) is 12.3 Å². The minimum Gasteiger partial charge on any atom is -0.496 e. The van der Waals surface area contributed by atoms with Crippen LogP contribution in [0.3, 0.4) is 0 Å². The second-order valence-electron chi connectivity index (χ2n) is 8.12. The van der Waals surface area contributed by atoms with Crippen LogP contribution in [0, 0.1) is 0 Å². The monoisotopic (exact) mass is 383 g/mol. The van der Waals surface area contributed by atoms with E-state index in [1.54, 1.807) is 18.9 Å². The van der Waals surface area contributed by atoms with Crippen LogP contribution in [-0.2, 0) is 9.59 Å². The highest BCUT2D eigenvalue weighted by molar-refractivity contribution is 5.99. The molecule has 1 aliphatic carbocycles. The van der Waals surface area contributed by atoms with Gasteiger partial charge in [0, 0.05) is 38.3 Å². The Morgan fingerprint density at radius 2 is 1.79 bits per heavy atom. The van der Waals surface area contributed by atoms with E-state index >= 15 is 0 Å². The zero-order valence-electron chi connectivity index (χ0n) is 17.1. The first kappa shape index (κ1) is 18.8. The topological polar surface area (TPSA) is 53.1 Å². The molecule has 1 aromatic rings. The molecular weight excluding hydrogens is 354 g/mol. The van der Waals surface area contributed by atoms with Gasteiger partial charge in [-0.3, -0.25) is 9.59 Å². The number of methoxy groups -OCH3 is 1. The van der Waals surface area contributed by atoms with Crippen molar-refractivity contribution in [1.29, 1.82) is 0 Å². The van der Waals surface area contributed by atoms with Gasteiger partial charge in [-0.2, -0.15) is 0 Å². The summed E-state index contributed by atoms with van der Waals surface area (Å²) in [6.45, 7) is 2.22. The number of benzene rings is 1. The predicted molar refractivity (Wildman–Crippen MR) is 107 cm³/mol. The predicted octanol–water partition coefficient (Wildman–Crippen LogP) is 2.57. The van der Waals surface area contributed by atoms with Crippen LogP contribution in [-0.4, -0.2) is 66.3 Å². The quantitative estimate of drug-likeness (QED) is 0.788. The molecule has 2 heterocycles. The van der Waals surface area contributed by atoms with Gasteiger partial charge >= 0.3 is 0 Å². The Labute approximate surface area is 166 Å². The van der Waals surface area contributed by atoms with Crippen molar-refractivity contribution in [3.8, 4) is 5.75 Å². The summed E-state index contributed by atoms with van der Waals surface area (Å²) in [5.41, 5.74) is 2.65. The van der Waals surface area contributed by atoms with Crippen molar-refractivity contribution >= 4 is 11.8 Å². The van der Waals surface area contributed by atoms with Gasteiger partial charge in [-0.1, -0.05) is 31.0 Å². The van der Waals surface area contributed by atoms with E-state index in [9.17, 15) is 9.59 Å². The van der Waals surface area contributed by atoms with Gasteiger partial charge in [0.05, 0.1) is 31.3 Å². The van der Waals surface area contributed by atoms with Gasteiger partial charge in [0.1, 0.15) is 5.75 Å². The number of hydrogen-bond acceptors (Lipinski definition) is 4. The summed E-state index contributed by atoms with van der Waals surface area (Å²) in [6, 6.07) is 7.67. The van der Waals surface area contributed by atoms with Crippen molar-refractivity contribution in [2.75, 3.05) is 27.7 Å². The Bertz CT molecular complexity index is 834. The van der Waals surface area contributed by atoms with Gasteiger partial charge in [0.25, 0.3) is 5.91 Å². The first-order valence-electron chi connectivity index (χ1n) is 10.1. The fourth-order valence-corrected chi connectivity index (χ4v) is 5.30. The summed E-state index contributed by atoms with van der Waals surface area (Å²) in [5.74, 6) is 0.727. The number of carbonyl (C=O) groups is 2. The van der Waals surface area contributed by atoms with Crippen LogP contribution in [0.2, 0.25) is 0 Å². The molecule has 0 spiro atoms. The Morgan fingerprint density at radius 1 is 1.11 bits per heavy atom. The molecule has 1 aromatic carbocycles. The highest BCUT2D eigenvalue weighted by Crippen LogP contribution is 2.46. The molecule has 6 nitrogen and oxygen atoms in total. The summed E-state index contributed by atoms with van der Waals surface area (Å²) >= 11 is 0. The molecule has 3 atom stereocenters. The maximum Gasteiger partial charge on any atom is 0.254 e. The minimum atomic E-state index is -0.420. The molecule has 3 aliphatic rings. The third-order valence-corrected chi connectivity index (χ3v) is 6.60. The number of likely N-dealkylation sites (N-methyl/N-ethyl adjacent to an activating group) is 2. The summed E-state index contributed by atoms with van der Waals surface area (Å²) in [6.07, 6.45) is 4.27. The van der Waals surface area contributed by atoms with E-state index in [1.165, 1.54) is 0 Å². The molecule has 2 aliphatic heterocycles. The fourth-order valence-electron chi connectivity index (χ4n) is 5.30. The first-order valence-corrected chi connectivity index (χ1v) is 10.1. The fraction of sp³-hybridized carbons (Fsp3) is 0.545. The van der Waals surface area contributed by atoms with Crippen LogP contribution in [0.15, 0.2) is 35.5 Å². The number of hydrogen-bond donors (Lipinski definition) is 0. The van der Waals surface area contributed by atoms with Crippen LogP contribution in [0.4, 0.5) is 0 Å². The highest BCUT2D eigenvalue weighted by Gasteiger charge is 2.49. The number of para-hydroxylation sites is 1. The average Bonchev–Trinajstić information content (AvgIpc) is 2.94. The van der Waals surface area contributed by atoms with Crippen molar-refractivity contribution in [3.63, 3.8) is 0 Å². The van der Waals surface area contributed by atoms with Gasteiger partial charge in [-0.25, -0.2) is 0 Å². The molecule has 0 bridgehead atoms. The molecule has 1 saturated carbocycles. The Hall–Kier alpha value is -2.50. The second-order valence-corrected chi connectivity index (χ2v) is 8.12. The molecule has 1 unspecified atom stereocenters. The Balaban J connectivity index is 1.97. The van der Waals surface area contributed by atoms with E-state index in [-0.39, 0.29) is 23.9 Å². The van der Waals surface area contributed by atoms with Gasteiger partial charge in [0.2, 0.25) is 5.91 Å². The normalized spacial score (nSPS) is 27.5. The van der Waals surface area contributed by atoms with Crippen LogP contribution >= 0.6 is 0 Å². The SMILES string of the molecule is COc1ccccc1[C@@H]1C2=C(CN(C)C2=O)N(C)[C@@H]2CCCCC2N1C(C)=O. The maximum absolute atomic E-state index is 13.3. The lowest BCUT2D eigenvalue weighted by molar-refractivity contribution is -0.136. The number of rotatable bonds is 2. The molecule has 0 N–H and O–H groups in total. The molecule has 4 rings (SSSR count). The molecule has 0 radical (unpaired) electrons. The van der Waals surface area contributed by atoms with E-state index in [2.05, 4.69) is 11.9 Å². The van der Waals surface area contributed by atoms with E-state index < -0.39 is 6.04 Å². The molecular formula is C22H29N3O3. The van der Waals surface area contributed by atoms with Crippen molar-refractivity contribution in [1.82, 2.24) is 14.7 Å². The average molecular weight is 383 g/mol. The van der Waals surface area contributed by atoms with Gasteiger partial charge in [-0.15, -0.1) is 0 Å². The summed E-state index contributed by atoms with van der Waals surface area (Å²) in [7, 11) is 5.56. The molecule has 28 heavy (non-hydrogen) atoms. The molecule has 6 heteroatoms. The third kappa shape index (κ3) is 2.77. The molecule has 1 fully saturated rings. The van der Waals surface area contributed by atoms with E-state index in [4.69, 9.17) is 4.74 Å². The van der Waals surface area contributed by atoms with Crippen molar-refractivity contribution in [2.24, 2.45) is 0 Å². The highest BCUT2D eigenvalue weighted by atomic mass is 16.5. The Kier molecular flexibility index (Phi) is 4.81. The molecule has 0 saturated heterocycles. The second kappa shape index (κ2) is 7.15. The van der Waals surface area contributed by atoms with Crippen LogP contribution in [0.5, 0.6) is 5.75 Å². The standard InChI is InChI=1S/C22H29N3O3/c1-14(26)25-17-11-7-6-10-16(17)24(3)18-13-23(2)22(27)20(18)21(25)15-9-5-8-12-19(15)28-4/h5,8-9,12,16-17,21H,6-7,10-11,13H2,1-4H3/t16-,17?,21-/m1/s1. The lowest BCUT2D eigenvalue weighted by Crippen LogP contribution is -2.53. The van der Waals surface area contributed by atoms with Crippen molar-refractivity contribution < 1.29 is 14.3 Å². The Morgan fingerprint density at radius 3 is 2.46 bits per heavy atom. The molecule has 2 amide bonds.